The summed E-state index contributed by atoms with van der Waals surface area (Å²) in [5.41, 5.74) is 5.70. The average Bonchev–Trinajstić information content (AvgIpc) is 2.39. The molecular weight excluding hydrogens is 236 g/mol. The lowest BCUT2D eigenvalue weighted by Crippen LogP contribution is -2.56. The van der Waals surface area contributed by atoms with Crippen molar-refractivity contribution in [1.82, 2.24) is 5.32 Å². The zero-order valence-electron chi connectivity index (χ0n) is 12.1. The van der Waals surface area contributed by atoms with Crippen molar-refractivity contribution in [2.75, 3.05) is 6.54 Å². The molecule has 1 unspecified atom stereocenters. The highest BCUT2D eigenvalue weighted by Crippen LogP contribution is 2.53. The normalized spacial score (nSPS) is 41.3. The monoisotopic (exact) mass is 264 g/mol. The van der Waals surface area contributed by atoms with Crippen LogP contribution in [0.25, 0.3) is 0 Å². The number of carbonyl (C=O) groups excluding carboxylic acids is 1. The van der Waals surface area contributed by atoms with Crippen molar-refractivity contribution in [3.8, 4) is 0 Å². The number of nitrogens with one attached hydrogen (secondary N) is 1. The van der Waals surface area contributed by atoms with E-state index in [9.17, 15) is 4.79 Å². The third-order valence-corrected chi connectivity index (χ3v) is 5.94. The van der Waals surface area contributed by atoms with Crippen molar-refractivity contribution in [2.24, 2.45) is 35.3 Å². The van der Waals surface area contributed by atoms with Gasteiger partial charge in [-0.25, -0.2) is 0 Å². The Morgan fingerprint density at radius 2 is 1.74 bits per heavy atom. The first-order valence-electron chi connectivity index (χ1n) is 8.19. The maximum Gasteiger partial charge on any atom is 0.220 e. The van der Waals surface area contributed by atoms with Gasteiger partial charge in [-0.2, -0.15) is 0 Å². The molecule has 0 aromatic heterocycles. The second-order valence-electron chi connectivity index (χ2n) is 7.24. The highest BCUT2D eigenvalue weighted by atomic mass is 16.1. The van der Waals surface area contributed by atoms with Crippen molar-refractivity contribution >= 4 is 5.91 Å². The summed E-state index contributed by atoms with van der Waals surface area (Å²) < 4.78 is 0. The fraction of sp³-hybridized carbons (Fsp3) is 0.938. The molecule has 0 radical (unpaired) electrons. The van der Waals surface area contributed by atoms with Crippen molar-refractivity contribution in [2.45, 2.75) is 57.9 Å². The van der Waals surface area contributed by atoms with E-state index in [1.165, 1.54) is 32.1 Å². The van der Waals surface area contributed by atoms with Crippen LogP contribution in [0.1, 0.15) is 51.9 Å². The molecule has 1 amide bonds. The first-order valence-corrected chi connectivity index (χ1v) is 8.19. The average molecular weight is 264 g/mol. The maximum absolute atomic E-state index is 12.2. The predicted molar refractivity (Wildman–Crippen MR) is 76.4 cm³/mol. The topological polar surface area (TPSA) is 55.1 Å². The molecule has 4 aliphatic carbocycles. The summed E-state index contributed by atoms with van der Waals surface area (Å²) in [4.78, 5) is 12.2. The largest absolute Gasteiger partial charge is 0.353 e. The van der Waals surface area contributed by atoms with E-state index < -0.39 is 0 Å². The van der Waals surface area contributed by atoms with Crippen molar-refractivity contribution in [3.05, 3.63) is 0 Å². The van der Waals surface area contributed by atoms with Gasteiger partial charge in [-0.05, 0) is 68.2 Å². The van der Waals surface area contributed by atoms with Crippen LogP contribution in [0, 0.1) is 29.6 Å². The Bertz CT molecular complexity index is 310. The van der Waals surface area contributed by atoms with E-state index in [4.69, 9.17) is 5.73 Å². The molecule has 4 rings (SSSR count). The number of hydrogen-bond donors (Lipinski definition) is 2. The minimum absolute atomic E-state index is 0.245. The van der Waals surface area contributed by atoms with Crippen LogP contribution in [0.15, 0.2) is 0 Å². The van der Waals surface area contributed by atoms with Crippen LogP contribution in [0.4, 0.5) is 0 Å². The van der Waals surface area contributed by atoms with E-state index in [0.29, 0.717) is 24.9 Å². The zero-order valence-corrected chi connectivity index (χ0v) is 12.1. The third-order valence-electron chi connectivity index (χ3n) is 5.94. The lowest BCUT2D eigenvalue weighted by atomic mass is 9.54. The number of hydrogen-bond acceptors (Lipinski definition) is 2. The van der Waals surface area contributed by atoms with Gasteiger partial charge in [0.25, 0.3) is 0 Å². The number of nitrogens with two attached hydrogens (primary N) is 1. The van der Waals surface area contributed by atoms with Crippen LogP contribution in [0.3, 0.4) is 0 Å². The van der Waals surface area contributed by atoms with Gasteiger partial charge in [0, 0.05) is 12.5 Å². The molecule has 0 aliphatic heterocycles. The molecule has 4 aliphatic rings. The maximum atomic E-state index is 12.2. The van der Waals surface area contributed by atoms with Crippen LogP contribution in [0.5, 0.6) is 0 Å². The lowest BCUT2D eigenvalue weighted by molar-refractivity contribution is -0.126. The predicted octanol–water partition coefficient (Wildman–Crippen LogP) is 2.30. The number of carbonyl (C=O) groups is 1. The molecule has 0 saturated heterocycles. The molecule has 0 aromatic rings. The van der Waals surface area contributed by atoms with E-state index in [-0.39, 0.29) is 5.91 Å². The second kappa shape index (κ2) is 5.43. The molecule has 19 heavy (non-hydrogen) atoms. The summed E-state index contributed by atoms with van der Waals surface area (Å²) in [6.45, 7) is 2.75. The standard InChI is InChI=1S/C16H28N2O/c1-2-10(9-17)8-15(19)18-16-13-4-11-3-12(6-13)7-14(16)5-11/h10-14,16H,2-9,17H2,1H3,(H,18,19). The summed E-state index contributed by atoms with van der Waals surface area (Å²) in [5, 5.41) is 3.37. The first kappa shape index (κ1) is 13.4. The molecule has 0 heterocycles. The summed E-state index contributed by atoms with van der Waals surface area (Å²) in [5.74, 6) is 4.11. The van der Waals surface area contributed by atoms with Gasteiger partial charge in [0.15, 0.2) is 0 Å². The quantitative estimate of drug-likeness (QED) is 0.800. The summed E-state index contributed by atoms with van der Waals surface area (Å²) in [6, 6.07) is 0.482. The zero-order chi connectivity index (χ0) is 13.4. The van der Waals surface area contributed by atoms with Gasteiger partial charge in [-0.1, -0.05) is 13.3 Å². The molecule has 1 atom stereocenters. The van der Waals surface area contributed by atoms with Gasteiger partial charge in [-0.15, -0.1) is 0 Å². The molecule has 108 valence electrons. The molecule has 3 N–H and O–H groups in total. The Morgan fingerprint density at radius 1 is 1.16 bits per heavy atom. The molecule has 3 nitrogen and oxygen atoms in total. The smallest absolute Gasteiger partial charge is 0.220 e. The van der Waals surface area contributed by atoms with Gasteiger partial charge >= 0.3 is 0 Å². The van der Waals surface area contributed by atoms with Gasteiger partial charge in [0.2, 0.25) is 5.91 Å². The third kappa shape index (κ3) is 2.67. The van der Waals surface area contributed by atoms with Gasteiger partial charge in [0.05, 0.1) is 0 Å². The minimum atomic E-state index is 0.245. The molecule has 0 aromatic carbocycles. The molecule has 4 fully saturated rings. The highest BCUT2D eigenvalue weighted by Gasteiger charge is 2.48. The van der Waals surface area contributed by atoms with Crippen LogP contribution >= 0.6 is 0 Å². The Balaban J connectivity index is 1.56. The Kier molecular flexibility index (Phi) is 3.84. The first-order chi connectivity index (χ1) is 9.19. The number of rotatable bonds is 5. The SMILES string of the molecule is CCC(CN)CC(=O)NC1C2CC3CC(C2)CC1C3. The van der Waals surface area contributed by atoms with Gasteiger partial charge < -0.3 is 11.1 Å². The van der Waals surface area contributed by atoms with E-state index in [1.807, 2.05) is 0 Å². The second-order valence-corrected chi connectivity index (χ2v) is 7.24. The molecule has 0 spiro atoms. The van der Waals surface area contributed by atoms with Crippen molar-refractivity contribution < 1.29 is 4.79 Å². The van der Waals surface area contributed by atoms with Gasteiger partial charge in [0.1, 0.15) is 0 Å². The Hall–Kier alpha value is -0.570. The molecular formula is C16H28N2O. The highest BCUT2D eigenvalue weighted by molar-refractivity contribution is 5.76. The number of amides is 1. The van der Waals surface area contributed by atoms with Crippen molar-refractivity contribution in [3.63, 3.8) is 0 Å². The molecule has 3 heteroatoms. The Morgan fingerprint density at radius 3 is 2.21 bits per heavy atom. The van der Waals surface area contributed by atoms with Crippen LogP contribution in [0.2, 0.25) is 0 Å². The van der Waals surface area contributed by atoms with Crippen LogP contribution in [-0.2, 0) is 4.79 Å². The minimum Gasteiger partial charge on any atom is -0.353 e. The summed E-state index contributed by atoms with van der Waals surface area (Å²) in [6.07, 6.45) is 8.57. The van der Waals surface area contributed by atoms with E-state index in [1.54, 1.807) is 0 Å². The van der Waals surface area contributed by atoms with Crippen LogP contribution in [-0.4, -0.2) is 18.5 Å². The molecule has 4 bridgehead atoms. The van der Waals surface area contributed by atoms with Crippen molar-refractivity contribution in [1.29, 1.82) is 0 Å². The lowest BCUT2D eigenvalue weighted by Gasteiger charge is -2.54. The fourth-order valence-electron chi connectivity index (χ4n) is 5.06. The van der Waals surface area contributed by atoms with E-state index in [2.05, 4.69) is 12.2 Å². The summed E-state index contributed by atoms with van der Waals surface area (Å²) >= 11 is 0. The van der Waals surface area contributed by atoms with E-state index in [0.717, 1.165) is 30.1 Å². The summed E-state index contributed by atoms with van der Waals surface area (Å²) in [7, 11) is 0. The van der Waals surface area contributed by atoms with E-state index >= 15 is 0 Å². The molecule has 4 saturated carbocycles. The Labute approximate surface area is 116 Å². The van der Waals surface area contributed by atoms with Crippen LogP contribution < -0.4 is 11.1 Å². The fourth-order valence-corrected chi connectivity index (χ4v) is 5.06. The van der Waals surface area contributed by atoms with Gasteiger partial charge in [-0.3, -0.25) is 4.79 Å².